The molecule has 3 N–H and O–H groups in total. The van der Waals surface area contributed by atoms with E-state index in [2.05, 4.69) is 35.9 Å². The number of amides is 1. The molecule has 0 spiro atoms. The molecule has 18 heavy (non-hydrogen) atoms. The molecule has 0 radical (unpaired) electrons. The van der Waals surface area contributed by atoms with Gasteiger partial charge in [-0.25, -0.2) is 0 Å². The van der Waals surface area contributed by atoms with E-state index in [1.54, 1.807) is 0 Å². The zero-order chi connectivity index (χ0) is 13.5. The minimum atomic E-state index is -0.0368. The number of rotatable bonds is 4. The number of hydrogen-bond acceptors (Lipinski definition) is 2. The number of anilines is 1. The molecule has 0 heterocycles. The first-order chi connectivity index (χ1) is 8.50. The van der Waals surface area contributed by atoms with Gasteiger partial charge in [-0.1, -0.05) is 12.1 Å². The standard InChI is InChI=1S/C13H19N3OS/c1-9-5-4-6-12(10(9)2)16-13(18)15-8-7-14-11(3)17/h4-6H,7-8H2,1-3H3,(H,14,17)(H2,15,16,18). The summed E-state index contributed by atoms with van der Waals surface area (Å²) in [7, 11) is 0. The van der Waals surface area contributed by atoms with Crippen LogP contribution < -0.4 is 16.0 Å². The number of thiocarbonyl (C=S) groups is 1. The Hall–Kier alpha value is -1.62. The van der Waals surface area contributed by atoms with Crippen LogP contribution in [0.2, 0.25) is 0 Å². The van der Waals surface area contributed by atoms with Crippen molar-refractivity contribution in [3.05, 3.63) is 29.3 Å². The van der Waals surface area contributed by atoms with Crippen LogP contribution in [0.25, 0.3) is 0 Å². The van der Waals surface area contributed by atoms with Gasteiger partial charge in [0.15, 0.2) is 5.11 Å². The second-order valence-corrected chi connectivity index (χ2v) is 4.52. The maximum absolute atomic E-state index is 10.7. The molecule has 0 atom stereocenters. The summed E-state index contributed by atoms with van der Waals surface area (Å²) in [6.45, 7) is 6.78. The second kappa shape index (κ2) is 6.96. The van der Waals surface area contributed by atoms with Crippen LogP contribution in [-0.2, 0) is 4.79 Å². The van der Waals surface area contributed by atoms with Gasteiger partial charge in [0, 0.05) is 25.7 Å². The van der Waals surface area contributed by atoms with Crippen LogP contribution >= 0.6 is 12.2 Å². The Balaban J connectivity index is 2.40. The van der Waals surface area contributed by atoms with Gasteiger partial charge in [-0.3, -0.25) is 4.79 Å². The Bertz CT molecular complexity index is 446. The van der Waals surface area contributed by atoms with Crippen molar-refractivity contribution in [2.45, 2.75) is 20.8 Å². The summed E-state index contributed by atoms with van der Waals surface area (Å²) in [5.74, 6) is -0.0368. The van der Waals surface area contributed by atoms with Crippen LogP contribution in [0, 0.1) is 13.8 Å². The van der Waals surface area contributed by atoms with Crippen LogP contribution in [0.5, 0.6) is 0 Å². The monoisotopic (exact) mass is 265 g/mol. The average Bonchev–Trinajstić information content (AvgIpc) is 2.30. The Morgan fingerprint density at radius 1 is 1.22 bits per heavy atom. The smallest absolute Gasteiger partial charge is 0.216 e. The van der Waals surface area contributed by atoms with Crippen LogP contribution in [0.3, 0.4) is 0 Å². The summed E-state index contributed by atoms with van der Waals surface area (Å²) in [6.07, 6.45) is 0. The zero-order valence-corrected chi connectivity index (χ0v) is 11.8. The minimum absolute atomic E-state index is 0.0368. The molecule has 0 unspecified atom stereocenters. The molecule has 0 aromatic heterocycles. The first-order valence-corrected chi connectivity index (χ1v) is 6.27. The van der Waals surface area contributed by atoms with Gasteiger partial charge < -0.3 is 16.0 Å². The number of aryl methyl sites for hydroxylation is 1. The van der Waals surface area contributed by atoms with Crippen molar-refractivity contribution in [1.29, 1.82) is 0 Å². The van der Waals surface area contributed by atoms with Crippen molar-refractivity contribution in [1.82, 2.24) is 10.6 Å². The Labute approximate surface area is 113 Å². The third kappa shape index (κ3) is 4.71. The van der Waals surface area contributed by atoms with Gasteiger partial charge in [0.1, 0.15) is 0 Å². The fraction of sp³-hybridized carbons (Fsp3) is 0.385. The molecule has 0 aliphatic heterocycles. The van der Waals surface area contributed by atoms with Crippen molar-refractivity contribution in [3.8, 4) is 0 Å². The molecule has 1 amide bonds. The van der Waals surface area contributed by atoms with Crippen molar-refractivity contribution in [2.24, 2.45) is 0 Å². The fourth-order valence-corrected chi connectivity index (χ4v) is 1.68. The average molecular weight is 265 g/mol. The van der Waals surface area contributed by atoms with E-state index in [-0.39, 0.29) is 5.91 Å². The molecule has 0 saturated heterocycles. The van der Waals surface area contributed by atoms with Gasteiger partial charge in [0.2, 0.25) is 5.91 Å². The molecule has 1 aromatic carbocycles. The predicted octanol–water partition coefficient (Wildman–Crippen LogP) is 1.73. The maximum atomic E-state index is 10.7. The number of benzene rings is 1. The Morgan fingerprint density at radius 2 is 1.89 bits per heavy atom. The Morgan fingerprint density at radius 3 is 2.56 bits per heavy atom. The molecule has 0 bridgehead atoms. The third-order valence-corrected chi connectivity index (χ3v) is 2.88. The highest BCUT2D eigenvalue weighted by molar-refractivity contribution is 7.80. The van der Waals surface area contributed by atoms with E-state index >= 15 is 0 Å². The van der Waals surface area contributed by atoms with Crippen molar-refractivity contribution in [2.75, 3.05) is 18.4 Å². The fourth-order valence-electron chi connectivity index (χ4n) is 1.47. The molecule has 4 nitrogen and oxygen atoms in total. The molecule has 0 aliphatic rings. The highest BCUT2D eigenvalue weighted by Gasteiger charge is 2.02. The lowest BCUT2D eigenvalue weighted by Crippen LogP contribution is -2.36. The lowest BCUT2D eigenvalue weighted by Gasteiger charge is -2.13. The quantitative estimate of drug-likeness (QED) is 0.573. The summed E-state index contributed by atoms with van der Waals surface area (Å²) < 4.78 is 0. The van der Waals surface area contributed by atoms with Gasteiger partial charge in [0.25, 0.3) is 0 Å². The van der Waals surface area contributed by atoms with Crippen molar-refractivity contribution >= 4 is 28.9 Å². The summed E-state index contributed by atoms with van der Waals surface area (Å²) in [5, 5.41) is 9.45. The normalized spacial score (nSPS) is 9.72. The first kappa shape index (κ1) is 14.4. The highest BCUT2D eigenvalue weighted by Crippen LogP contribution is 2.17. The molecular formula is C13H19N3OS. The van der Waals surface area contributed by atoms with Crippen LogP contribution in [0.1, 0.15) is 18.1 Å². The maximum Gasteiger partial charge on any atom is 0.216 e. The van der Waals surface area contributed by atoms with Gasteiger partial charge in [-0.15, -0.1) is 0 Å². The van der Waals surface area contributed by atoms with Crippen LogP contribution in [0.4, 0.5) is 5.69 Å². The lowest BCUT2D eigenvalue weighted by molar-refractivity contribution is -0.118. The number of carbonyl (C=O) groups is 1. The van der Waals surface area contributed by atoms with E-state index in [4.69, 9.17) is 12.2 Å². The zero-order valence-electron chi connectivity index (χ0n) is 11.0. The molecule has 1 aromatic rings. The van der Waals surface area contributed by atoms with Gasteiger partial charge >= 0.3 is 0 Å². The van der Waals surface area contributed by atoms with E-state index in [1.807, 2.05) is 12.1 Å². The van der Waals surface area contributed by atoms with Crippen molar-refractivity contribution < 1.29 is 4.79 Å². The lowest BCUT2D eigenvalue weighted by atomic mass is 10.1. The van der Waals surface area contributed by atoms with Gasteiger partial charge in [-0.2, -0.15) is 0 Å². The summed E-state index contributed by atoms with van der Waals surface area (Å²) in [5.41, 5.74) is 3.41. The molecular weight excluding hydrogens is 246 g/mol. The second-order valence-electron chi connectivity index (χ2n) is 4.11. The van der Waals surface area contributed by atoms with Crippen molar-refractivity contribution in [3.63, 3.8) is 0 Å². The first-order valence-electron chi connectivity index (χ1n) is 5.86. The molecule has 1 rings (SSSR count). The third-order valence-electron chi connectivity index (χ3n) is 2.64. The number of nitrogens with one attached hydrogen (secondary N) is 3. The minimum Gasteiger partial charge on any atom is -0.361 e. The molecule has 0 saturated carbocycles. The molecule has 0 fully saturated rings. The van der Waals surface area contributed by atoms with E-state index in [1.165, 1.54) is 18.1 Å². The van der Waals surface area contributed by atoms with Gasteiger partial charge in [0.05, 0.1) is 0 Å². The highest BCUT2D eigenvalue weighted by atomic mass is 32.1. The largest absolute Gasteiger partial charge is 0.361 e. The Kier molecular flexibility index (Phi) is 5.58. The van der Waals surface area contributed by atoms with E-state index < -0.39 is 0 Å². The molecule has 0 aliphatic carbocycles. The number of hydrogen-bond donors (Lipinski definition) is 3. The van der Waals surface area contributed by atoms with Gasteiger partial charge in [-0.05, 0) is 43.3 Å². The number of carbonyl (C=O) groups excluding carboxylic acids is 1. The SMILES string of the molecule is CC(=O)NCCNC(=S)Nc1cccc(C)c1C. The van der Waals surface area contributed by atoms with E-state index in [9.17, 15) is 4.79 Å². The summed E-state index contributed by atoms with van der Waals surface area (Å²) in [6, 6.07) is 6.04. The summed E-state index contributed by atoms with van der Waals surface area (Å²) >= 11 is 5.18. The molecule has 5 heteroatoms. The summed E-state index contributed by atoms with van der Waals surface area (Å²) in [4.78, 5) is 10.7. The van der Waals surface area contributed by atoms with Crippen LogP contribution in [-0.4, -0.2) is 24.1 Å². The van der Waals surface area contributed by atoms with E-state index in [0.717, 1.165) is 5.69 Å². The topological polar surface area (TPSA) is 53.2 Å². The molecule has 98 valence electrons. The van der Waals surface area contributed by atoms with Crippen LogP contribution in [0.15, 0.2) is 18.2 Å². The van der Waals surface area contributed by atoms with E-state index in [0.29, 0.717) is 18.2 Å². The predicted molar refractivity (Wildman–Crippen MR) is 78.8 cm³/mol.